The summed E-state index contributed by atoms with van der Waals surface area (Å²) in [6.45, 7) is 14.1. The van der Waals surface area contributed by atoms with Crippen molar-refractivity contribution in [1.29, 1.82) is 0 Å². The lowest BCUT2D eigenvalue weighted by atomic mass is 9.89. The first-order valence-electron chi connectivity index (χ1n) is 9.90. The van der Waals surface area contributed by atoms with Crippen LogP contribution in [-0.2, 0) is 4.79 Å². The average molecular weight is 382 g/mol. The van der Waals surface area contributed by atoms with Gasteiger partial charge in [-0.3, -0.25) is 4.79 Å². The van der Waals surface area contributed by atoms with Crippen molar-refractivity contribution in [3.8, 4) is 11.5 Å². The van der Waals surface area contributed by atoms with Crippen LogP contribution in [0.1, 0.15) is 61.1 Å². The Morgan fingerprint density at radius 3 is 2.57 bits per heavy atom. The van der Waals surface area contributed by atoms with Gasteiger partial charge in [-0.1, -0.05) is 23.8 Å². The number of ether oxygens (including phenoxy) is 2. The second kappa shape index (κ2) is 7.50. The Balaban J connectivity index is 1.78. The minimum absolute atomic E-state index is 0.0995. The third-order valence-corrected chi connectivity index (χ3v) is 5.38. The zero-order chi connectivity index (χ0) is 20.6. The topological polar surface area (TPSA) is 47.6 Å². The Morgan fingerprint density at radius 2 is 1.86 bits per heavy atom. The molecule has 0 spiro atoms. The highest BCUT2D eigenvalue weighted by Crippen LogP contribution is 2.40. The Morgan fingerprint density at radius 1 is 1.14 bits per heavy atom. The standard InChI is InChI=1S/C24H31NO3/c1-14-8-9-21-19(11-14)20(13-24(6,7)28-21)25-23(26)18(5)27-22-12-15(2)10-16(3)17(22)4/h8-12,18,20H,13H2,1-7H3,(H,25,26)/t18-,20-/m1/s1. The predicted molar refractivity (Wildman–Crippen MR) is 112 cm³/mol. The quantitative estimate of drug-likeness (QED) is 0.801. The summed E-state index contributed by atoms with van der Waals surface area (Å²) in [5.41, 5.74) is 5.20. The molecule has 4 nitrogen and oxygen atoms in total. The van der Waals surface area contributed by atoms with E-state index < -0.39 is 6.10 Å². The molecule has 0 bridgehead atoms. The fourth-order valence-electron chi connectivity index (χ4n) is 3.76. The first-order valence-corrected chi connectivity index (χ1v) is 9.90. The molecule has 1 aliphatic rings. The molecule has 28 heavy (non-hydrogen) atoms. The summed E-state index contributed by atoms with van der Waals surface area (Å²) in [5, 5.41) is 3.18. The molecule has 0 fully saturated rings. The second-order valence-electron chi connectivity index (χ2n) is 8.63. The molecule has 1 aliphatic heterocycles. The van der Waals surface area contributed by atoms with Gasteiger partial charge in [0, 0.05) is 12.0 Å². The number of carbonyl (C=O) groups excluding carboxylic acids is 1. The van der Waals surface area contributed by atoms with Crippen LogP contribution in [0, 0.1) is 27.7 Å². The lowest BCUT2D eigenvalue weighted by molar-refractivity contribution is -0.128. The number of nitrogens with one attached hydrogen (secondary N) is 1. The molecule has 2 aromatic carbocycles. The summed E-state index contributed by atoms with van der Waals surface area (Å²) in [5.74, 6) is 1.49. The van der Waals surface area contributed by atoms with Gasteiger partial charge < -0.3 is 14.8 Å². The first-order chi connectivity index (χ1) is 13.1. The number of fused-ring (bicyclic) bond motifs is 1. The Bertz CT molecular complexity index is 901. The third kappa shape index (κ3) is 4.32. The van der Waals surface area contributed by atoms with Gasteiger partial charge in [-0.2, -0.15) is 0 Å². The molecule has 2 atom stereocenters. The number of aryl methyl sites for hydroxylation is 3. The summed E-state index contributed by atoms with van der Waals surface area (Å²) in [4.78, 5) is 12.9. The van der Waals surface area contributed by atoms with Gasteiger partial charge >= 0.3 is 0 Å². The van der Waals surface area contributed by atoms with Gasteiger partial charge in [0.1, 0.15) is 17.1 Å². The molecule has 0 saturated heterocycles. The molecule has 3 rings (SSSR count). The van der Waals surface area contributed by atoms with Gasteiger partial charge in [-0.25, -0.2) is 0 Å². The number of amides is 1. The van der Waals surface area contributed by atoms with Gasteiger partial charge in [0.2, 0.25) is 0 Å². The van der Waals surface area contributed by atoms with Gasteiger partial charge in [-0.15, -0.1) is 0 Å². The zero-order valence-corrected chi connectivity index (χ0v) is 18.0. The van der Waals surface area contributed by atoms with Crippen LogP contribution >= 0.6 is 0 Å². The van der Waals surface area contributed by atoms with E-state index >= 15 is 0 Å². The lowest BCUT2D eigenvalue weighted by Crippen LogP contribution is -2.44. The summed E-state index contributed by atoms with van der Waals surface area (Å²) in [7, 11) is 0. The molecule has 1 amide bonds. The van der Waals surface area contributed by atoms with Gasteiger partial charge in [0.25, 0.3) is 5.91 Å². The third-order valence-electron chi connectivity index (χ3n) is 5.38. The molecule has 0 unspecified atom stereocenters. The highest BCUT2D eigenvalue weighted by atomic mass is 16.5. The molecule has 1 N–H and O–H groups in total. The van der Waals surface area contributed by atoms with Crippen LogP contribution in [0.25, 0.3) is 0 Å². The minimum atomic E-state index is -0.584. The van der Waals surface area contributed by atoms with E-state index in [0.717, 1.165) is 39.3 Å². The van der Waals surface area contributed by atoms with E-state index in [1.165, 1.54) is 0 Å². The van der Waals surface area contributed by atoms with Crippen LogP contribution in [0.3, 0.4) is 0 Å². The number of benzene rings is 2. The molecule has 2 aromatic rings. The fraction of sp³-hybridized carbons (Fsp3) is 0.458. The van der Waals surface area contributed by atoms with Crippen LogP contribution in [-0.4, -0.2) is 17.6 Å². The van der Waals surface area contributed by atoms with E-state index in [9.17, 15) is 4.79 Å². The number of carbonyl (C=O) groups is 1. The van der Waals surface area contributed by atoms with Crippen molar-refractivity contribution in [2.75, 3.05) is 0 Å². The lowest BCUT2D eigenvalue weighted by Gasteiger charge is -2.38. The predicted octanol–water partition coefficient (Wildman–Crippen LogP) is 5.11. The maximum absolute atomic E-state index is 12.9. The van der Waals surface area contributed by atoms with Crippen molar-refractivity contribution in [2.45, 2.75) is 72.6 Å². The smallest absolute Gasteiger partial charge is 0.261 e. The van der Waals surface area contributed by atoms with Crippen molar-refractivity contribution in [3.63, 3.8) is 0 Å². The van der Waals surface area contributed by atoms with Crippen molar-refractivity contribution in [1.82, 2.24) is 5.32 Å². The van der Waals surface area contributed by atoms with Gasteiger partial charge in [0.05, 0.1) is 6.04 Å². The second-order valence-corrected chi connectivity index (χ2v) is 8.63. The summed E-state index contributed by atoms with van der Waals surface area (Å²) < 4.78 is 12.1. The van der Waals surface area contributed by atoms with E-state index in [1.807, 2.05) is 52.8 Å². The van der Waals surface area contributed by atoms with E-state index in [-0.39, 0.29) is 17.6 Å². The highest BCUT2D eigenvalue weighted by molar-refractivity contribution is 5.81. The Hall–Kier alpha value is -2.49. The average Bonchev–Trinajstić information content (AvgIpc) is 2.59. The molecule has 0 aliphatic carbocycles. The monoisotopic (exact) mass is 381 g/mol. The molecule has 0 radical (unpaired) electrons. The molecule has 4 heteroatoms. The van der Waals surface area contributed by atoms with E-state index in [4.69, 9.17) is 9.47 Å². The molecule has 0 saturated carbocycles. The summed E-state index contributed by atoms with van der Waals surface area (Å²) in [6.07, 6.45) is 0.129. The summed E-state index contributed by atoms with van der Waals surface area (Å²) >= 11 is 0. The van der Waals surface area contributed by atoms with Crippen molar-refractivity contribution < 1.29 is 14.3 Å². The number of hydrogen-bond acceptors (Lipinski definition) is 3. The molecule has 150 valence electrons. The maximum atomic E-state index is 12.9. The van der Waals surface area contributed by atoms with Crippen LogP contribution in [0.5, 0.6) is 11.5 Å². The van der Waals surface area contributed by atoms with Crippen LogP contribution in [0.4, 0.5) is 0 Å². The minimum Gasteiger partial charge on any atom is -0.487 e. The molecule has 1 heterocycles. The zero-order valence-electron chi connectivity index (χ0n) is 18.0. The normalized spacial score (nSPS) is 18.6. The highest BCUT2D eigenvalue weighted by Gasteiger charge is 2.35. The fourth-order valence-corrected chi connectivity index (χ4v) is 3.76. The van der Waals surface area contributed by atoms with Crippen LogP contribution in [0.2, 0.25) is 0 Å². The number of rotatable bonds is 4. The van der Waals surface area contributed by atoms with Gasteiger partial charge in [0.15, 0.2) is 6.10 Å². The van der Waals surface area contributed by atoms with Crippen LogP contribution in [0.15, 0.2) is 30.3 Å². The first kappa shape index (κ1) is 20.2. The van der Waals surface area contributed by atoms with Crippen LogP contribution < -0.4 is 14.8 Å². The van der Waals surface area contributed by atoms with E-state index in [2.05, 4.69) is 24.4 Å². The van der Waals surface area contributed by atoms with Crippen molar-refractivity contribution in [3.05, 3.63) is 58.1 Å². The summed E-state index contributed by atoms with van der Waals surface area (Å²) in [6, 6.07) is 10.1. The SMILES string of the molecule is Cc1cc(C)c(C)c(O[C@H](C)C(=O)N[C@@H]2CC(C)(C)Oc3ccc(C)cc32)c1. The Kier molecular flexibility index (Phi) is 5.42. The maximum Gasteiger partial charge on any atom is 0.261 e. The number of hydrogen-bond donors (Lipinski definition) is 1. The molecule has 0 aromatic heterocycles. The largest absolute Gasteiger partial charge is 0.487 e. The van der Waals surface area contributed by atoms with Crippen molar-refractivity contribution >= 4 is 5.91 Å². The molecular weight excluding hydrogens is 350 g/mol. The van der Waals surface area contributed by atoms with E-state index in [1.54, 1.807) is 6.92 Å². The van der Waals surface area contributed by atoms with Gasteiger partial charge in [-0.05, 0) is 77.3 Å². The Labute approximate surface area is 168 Å². The molecular formula is C24H31NO3. The van der Waals surface area contributed by atoms with Crippen molar-refractivity contribution in [2.24, 2.45) is 0 Å². The van der Waals surface area contributed by atoms with E-state index in [0.29, 0.717) is 6.42 Å².